The number of carbonyl (C=O) groups is 4. The van der Waals surface area contributed by atoms with E-state index in [1.165, 1.54) is 0 Å². The minimum atomic E-state index is -0.984. The van der Waals surface area contributed by atoms with Gasteiger partial charge in [0.2, 0.25) is 5.91 Å². The summed E-state index contributed by atoms with van der Waals surface area (Å²) in [6.45, 7) is 12.7. The van der Waals surface area contributed by atoms with Crippen LogP contribution in [0.4, 0.5) is 4.79 Å². The molecule has 10 nitrogen and oxygen atoms in total. The Kier molecular flexibility index (Phi) is 11.8. The summed E-state index contributed by atoms with van der Waals surface area (Å²) in [6.07, 6.45) is -0.412. The highest BCUT2D eigenvalue weighted by Crippen LogP contribution is 2.28. The Hall–Kier alpha value is -3.60. The average molecular weight is 599 g/mol. The van der Waals surface area contributed by atoms with Crippen molar-refractivity contribution in [1.29, 1.82) is 0 Å². The molecule has 1 saturated heterocycles. The lowest BCUT2D eigenvalue weighted by atomic mass is 10.1. The Bertz CT molecular complexity index is 1240. The van der Waals surface area contributed by atoms with Gasteiger partial charge in [0, 0.05) is 48.3 Å². The maximum atomic E-state index is 13.7. The van der Waals surface area contributed by atoms with Crippen molar-refractivity contribution in [2.75, 3.05) is 32.8 Å². The number of hydrogen-bond acceptors (Lipinski definition) is 8. The van der Waals surface area contributed by atoms with E-state index in [4.69, 9.17) is 9.47 Å². The molecule has 1 aliphatic heterocycles. The van der Waals surface area contributed by atoms with Gasteiger partial charge in [-0.05, 0) is 46.2 Å². The molecule has 0 spiro atoms. The fourth-order valence-electron chi connectivity index (χ4n) is 4.41. The van der Waals surface area contributed by atoms with Gasteiger partial charge in [0.15, 0.2) is 0 Å². The molecular formula is C31H42N4O6S. The van der Waals surface area contributed by atoms with Crippen molar-refractivity contribution in [2.45, 2.75) is 76.2 Å². The number of benzene rings is 1. The molecule has 1 aliphatic rings. The minimum absolute atomic E-state index is 0.0529. The molecule has 1 aromatic carbocycles. The highest BCUT2D eigenvalue weighted by Gasteiger charge is 2.32. The first-order chi connectivity index (χ1) is 19.9. The Labute approximate surface area is 252 Å². The number of aromatic nitrogens is 1. The third kappa shape index (κ3) is 10.0. The van der Waals surface area contributed by atoms with E-state index in [2.05, 4.69) is 24.1 Å². The van der Waals surface area contributed by atoms with Crippen molar-refractivity contribution in [2.24, 2.45) is 0 Å². The van der Waals surface area contributed by atoms with Gasteiger partial charge in [0.25, 0.3) is 5.91 Å². The number of esters is 1. The maximum absolute atomic E-state index is 13.7. The topological polar surface area (TPSA) is 118 Å². The smallest absolute Gasteiger partial charge is 0.409 e. The van der Waals surface area contributed by atoms with Crippen molar-refractivity contribution in [3.8, 4) is 11.3 Å². The summed E-state index contributed by atoms with van der Waals surface area (Å²) in [4.78, 5) is 60.6. The van der Waals surface area contributed by atoms with E-state index in [9.17, 15) is 19.2 Å². The van der Waals surface area contributed by atoms with Gasteiger partial charge < -0.3 is 24.6 Å². The van der Waals surface area contributed by atoms with Crippen molar-refractivity contribution in [3.05, 3.63) is 48.2 Å². The quantitative estimate of drug-likeness (QED) is 0.307. The first kappa shape index (κ1) is 32.9. The van der Waals surface area contributed by atoms with Gasteiger partial charge in [0.1, 0.15) is 17.3 Å². The summed E-state index contributed by atoms with van der Waals surface area (Å²) in [5, 5.41) is 3.13. The molecule has 1 atom stereocenters. The van der Waals surface area contributed by atoms with E-state index in [1.54, 1.807) is 55.3 Å². The fraction of sp³-hybridized carbons (Fsp3) is 0.516. The molecule has 0 radical (unpaired) electrons. The lowest BCUT2D eigenvalue weighted by molar-refractivity contribution is -0.155. The number of rotatable bonds is 10. The second-order valence-corrected chi connectivity index (χ2v) is 12.9. The number of carbonyl (C=O) groups excluding carboxylic acids is 4. The van der Waals surface area contributed by atoms with Crippen molar-refractivity contribution < 1.29 is 28.7 Å². The summed E-state index contributed by atoms with van der Waals surface area (Å²) in [5.41, 5.74) is 1.03. The normalized spacial score (nSPS) is 14.4. The number of pyridine rings is 1. The maximum Gasteiger partial charge on any atom is 0.409 e. The molecule has 0 unspecified atom stereocenters. The summed E-state index contributed by atoms with van der Waals surface area (Å²) < 4.78 is 10.5. The van der Waals surface area contributed by atoms with Crippen LogP contribution in [-0.2, 0) is 19.1 Å². The zero-order valence-electron chi connectivity index (χ0n) is 25.3. The number of ether oxygens (including phenoxy) is 2. The van der Waals surface area contributed by atoms with Gasteiger partial charge in [-0.15, -0.1) is 11.8 Å². The SMILES string of the molecule is CCOC(=O)N1CCN(C(=O)[C@H](CCC(=O)OC(C)(C)C)NC(=O)c2cc(SC(C)C)cc(-c3ccccc3)n2)CC1. The second kappa shape index (κ2) is 15.0. The summed E-state index contributed by atoms with van der Waals surface area (Å²) in [7, 11) is 0. The number of piperazine rings is 1. The van der Waals surface area contributed by atoms with Crippen molar-refractivity contribution in [3.63, 3.8) is 0 Å². The molecule has 1 aromatic heterocycles. The standard InChI is InChI=1S/C31H42N4O6S/c1-7-40-30(39)35-17-15-34(16-18-35)29(38)24(13-14-27(36)41-31(4,5)6)33-28(37)26-20-23(42-21(2)3)19-25(32-26)22-11-9-8-10-12-22/h8-12,19-21,24H,7,13-18H2,1-6H3,(H,33,37)/t24-/m0/s1. The van der Waals surface area contributed by atoms with E-state index >= 15 is 0 Å². The molecule has 1 fully saturated rings. The van der Waals surface area contributed by atoms with E-state index in [0.29, 0.717) is 18.8 Å². The summed E-state index contributed by atoms with van der Waals surface area (Å²) in [6, 6.07) is 12.3. The Morgan fingerprint density at radius 3 is 2.24 bits per heavy atom. The third-order valence-electron chi connectivity index (χ3n) is 6.25. The summed E-state index contributed by atoms with van der Waals surface area (Å²) >= 11 is 1.61. The van der Waals surface area contributed by atoms with E-state index in [1.807, 2.05) is 36.4 Å². The van der Waals surface area contributed by atoms with Gasteiger partial charge in [-0.1, -0.05) is 44.2 Å². The molecule has 0 saturated carbocycles. The van der Waals surface area contributed by atoms with Gasteiger partial charge in [-0.3, -0.25) is 14.4 Å². The first-order valence-corrected chi connectivity index (χ1v) is 15.2. The van der Waals surface area contributed by atoms with Crippen LogP contribution in [0.15, 0.2) is 47.4 Å². The highest BCUT2D eigenvalue weighted by molar-refractivity contribution is 7.99. The molecule has 2 aromatic rings. The molecule has 0 bridgehead atoms. The van der Waals surface area contributed by atoms with Crippen LogP contribution in [-0.4, -0.2) is 88.3 Å². The molecule has 3 rings (SSSR count). The van der Waals surface area contributed by atoms with Gasteiger partial charge in [-0.25, -0.2) is 9.78 Å². The number of nitrogens with one attached hydrogen (secondary N) is 1. The first-order valence-electron chi connectivity index (χ1n) is 14.3. The number of hydrogen-bond donors (Lipinski definition) is 1. The highest BCUT2D eigenvalue weighted by atomic mass is 32.2. The number of thioether (sulfide) groups is 1. The Balaban J connectivity index is 1.82. The monoisotopic (exact) mass is 598 g/mol. The molecule has 0 aliphatic carbocycles. The predicted molar refractivity (Wildman–Crippen MR) is 162 cm³/mol. The van der Waals surface area contributed by atoms with Crippen LogP contribution in [0.3, 0.4) is 0 Å². The van der Waals surface area contributed by atoms with Crippen molar-refractivity contribution in [1.82, 2.24) is 20.1 Å². The Morgan fingerprint density at radius 1 is 1.00 bits per heavy atom. The van der Waals surface area contributed by atoms with Crippen LogP contribution in [0.2, 0.25) is 0 Å². The lowest BCUT2D eigenvalue weighted by Crippen LogP contribution is -2.56. The molecule has 42 heavy (non-hydrogen) atoms. The van der Waals surface area contributed by atoms with Crippen LogP contribution in [0, 0.1) is 0 Å². The van der Waals surface area contributed by atoms with Gasteiger partial charge in [0.05, 0.1) is 12.3 Å². The van der Waals surface area contributed by atoms with Crippen LogP contribution >= 0.6 is 11.8 Å². The van der Waals surface area contributed by atoms with Crippen LogP contribution in [0.25, 0.3) is 11.3 Å². The van der Waals surface area contributed by atoms with E-state index in [-0.39, 0.29) is 49.4 Å². The summed E-state index contributed by atoms with van der Waals surface area (Å²) in [5.74, 6) is -1.29. The zero-order valence-corrected chi connectivity index (χ0v) is 26.2. The largest absolute Gasteiger partial charge is 0.460 e. The average Bonchev–Trinajstić information content (AvgIpc) is 2.94. The van der Waals surface area contributed by atoms with E-state index in [0.717, 1.165) is 10.5 Å². The molecule has 3 amide bonds. The molecule has 1 N–H and O–H groups in total. The second-order valence-electron chi connectivity index (χ2n) is 11.3. The zero-order chi connectivity index (χ0) is 30.9. The van der Waals surface area contributed by atoms with Crippen molar-refractivity contribution >= 4 is 35.6 Å². The number of amides is 3. The Morgan fingerprint density at radius 2 is 1.64 bits per heavy atom. The third-order valence-corrected chi connectivity index (χ3v) is 7.23. The lowest BCUT2D eigenvalue weighted by Gasteiger charge is -2.36. The minimum Gasteiger partial charge on any atom is -0.460 e. The molecule has 2 heterocycles. The molecule has 11 heteroatoms. The van der Waals surface area contributed by atoms with Gasteiger partial charge >= 0.3 is 12.1 Å². The predicted octanol–water partition coefficient (Wildman–Crippen LogP) is 4.77. The van der Waals surface area contributed by atoms with Crippen LogP contribution in [0.5, 0.6) is 0 Å². The van der Waals surface area contributed by atoms with Gasteiger partial charge in [-0.2, -0.15) is 0 Å². The molecular weight excluding hydrogens is 556 g/mol. The fourth-order valence-corrected chi connectivity index (χ4v) is 5.31. The number of nitrogens with zero attached hydrogens (tertiary/aromatic N) is 3. The molecule has 228 valence electrons. The van der Waals surface area contributed by atoms with E-state index < -0.39 is 29.6 Å². The van der Waals surface area contributed by atoms with Crippen LogP contribution in [0.1, 0.15) is 64.9 Å². The van der Waals surface area contributed by atoms with Crippen LogP contribution < -0.4 is 5.32 Å².